The molecule has 90 valence electrons. The molecule has 0 aliphatic carbocycles. The normalized spacial score (nSPS) is 21.0. The number of aromatic nitrogens is 1. The van der Waals surface area contributed by atoms with Crippen LogP contribution >= 0.6 is 11.5 Å². The van der Waals surface area contributed by atoms with E-state index in [0.29, 0.717) is 0 Å². The molecule has 1 aromatic heterocycles. The fourth-order valence-electron chi connectivity index (χ4n) is 2.55. The summed E-state index contributed by atoms with van der Waals surface area (Å²) in [6.45, 7) is 1.24. The standard InChI is InChI=1S/C13H16N2OS/c16-9-10-5-3-4-8-15(10)13-11-6-1-2-7-12(11)17-14-13/h1-2,6-7,10,16H,3-5,8-9H2/t10-/m0/s1. The van der Waals surface area contributed by atoms with Gasteiger partial charge in [0.1, 0.15) is 5.82 Å². The Hall–Kier alpha value is -1.13. The Kier molecular flexibility index (Phi) is 2.99. The molecular formula is C13H16N2OS. The second kappa shape index (κ2) is 4.63. The highest BCUT2D eigenvalue weighted by molar-refractivity contribution is 7.13. The second-order valence-corrected chi connectivity index (χ2v) is 5.33. The van der Waals surface area contributed by atoms with Gasteiger partial charge in [0.2, 0.25) is 0 Å². The first kappa shape index (κ1) is 11.0. The van der Waals surface area contributed by atoms with E-state index >= 15 is 0 Å². The molecule has 0 amide bonds. The minimum atomic E-state index is 0.228. The van der Waals surface area contributed by atoms with Crippen LogP contribution in [0.2, 0.25) is 0 Å². The Bertz CT molecular complexity index is 511. The lowest BCUT2D eigenvalue weighted by Gasteiger charge is -2.35. The zero-order valence-corrected chi connectivity index (χ0v) is 10.5. The number of fused-ring (bicyclic) bond motifs is 1. The molecule has 0 radical (unpaired) electrons. The lowest BCUT2D eigenvalue weighted by atomic mass is 10.0. The van der Waals surface area contributed by atoms with Crippen LogP contribution in [0, 0.1) is 0 Å². The highest BCUT2D eigenvalue weighted by atomic mass is 32.1. The number of hydrogen-bond donors (Lipinski definition) is 1. The summed E-state index contributed by atoms with van der Waals surface area (Å²) in [5.41, 5.74) is 0. The number of aliphatic hydroxyl groups excluding tert-OH is 1. The maximum absolute atomic E-state index is 9.47. The summed E-state index contributed by atoms with van der Waals surface area (Å²) in [4.78, 5) is 2.28. The van der Waals surface area contributed by atoms with E-state index in [2.05, 4.69) is 27.5 Å². The number of benzene rings is 1. The number of nitrogens with zero attached hydrogens (tertiary/aromatic N) is 2. The first-order chi connectivity index (χ1) is 8.40. The molecule has 2 heterocycles. The average Bonchev–Trinajstić information content (AvgIpc) is 2.82. The van der Waals surface area contributed by atoms with Gasteiger partial charge >= 0.3 is 0 Å². The summed E-state index contributed by atoms with van der Waals surface area (Å²) in [5.74, 6) is 1.06. The molecule has 17 heavy (non-hydrogen) atoms. The zero-order chi connectivity index (χ0) is 11.7. The number of hydrogen-bond acceptors (Lipinski definition) is 4. The van der Waals surface area contributed by atoms with Crippen molar-refractivity contribution in [2.45, 2.75) is 25.3 Å². The maximum atomic E-state index is 9.47. The van der Waals surface area contributed by atoms with E-state index in [-0.39, 0.29) is 12.6 Å². The summed E-state index contributed by atoms with van der Waals surface area (Å²) in [5, 5.41) is 10.7. The van der Waals surface area contributed by atoms with Gasteiger partial charge in [-0.1, -0.05) is 12.1 Å². The van der Waals surface area contributed by atoms with E-state index in [9.17, 15) is 5.11 Å². The van der Waals surface area contributed by atoms with Crippen molar-refractivity contribution in [3.63, 3.8) is 0 Å². The molecule has 1 N–H and O–H groups in total. The molecule has 3 rings (SSSR count). The first-order valence-corrected chi connectivity index (χ1v) is 6.89. The number of rotatable bonds is 2. The SMILES string of the molecule is OC[C@@H]1CCCCN1c1nsc2ccccc12. The molecule has 1 aliphatic heterocycles. The van der Waals surface area contributed by atoms with Crippen molar-refractivity contribution in [2.75, 3.05) is 18.1 Å². The van der Waals surface area contributed by atoms with E-state index < -0.39 is 0 Å². The monoisotopic (exact) mass is 248 g/mol. The quantitative estimate of drug-likeness (QED) is 0.887. The number of anilines is 1. The van der Waals surface area contributed by atoms with Crippen LogP contribution in [0.5, 0.6) is 0 Å². The van der Waals surface area contributed by atoms with Crippen molar-refractivity contribution in [1.82, 2.24) is 4.37 Å². The van der Waals surface area contributed by atoms with Gasteiger partial charge in [0, 0.05) is 11.9 Å². The summed E-state index contributed by atoms with van der Waals surface area (Å²) in [6, 6.07) is 8.57. The molecule has 1 atom stereocenters. The van der Waals surface area contributed by atoms with Gasteiger partial charge in [0.25, 0.3) is 0 Å². The van der Waals surface area contributed by atoms with Crippen LogP contribution in [0.3, 0.4) is 0 Å². The second-order valence-electron chi connectivity index (χ2n) is 4.53. The van der Waals surface area contributed by atoms with Crippen molar-refractivity contribution in [1.29, 1.82) is 0 Å². The highest BCUT2D eigenvalue weighted by Crippen LogP contribution is 2.32. The predicted octanol–water partition coefficient (Wildman–Crippen LogP) is 2.65. The summed E-state index contributed by atoms with van der Waals surface area (Å²) < 4.78 is 5.80. The first-order valence-electron chi connectivity index (χ1n) is 6.12. The van der Waals surface area contributed by atoms with Gasteiger partial charge < -0.3 is 10.0 Å². The lowest BCUT2D eigenvalue weighted by molar-refractivity contribution is 0.240. The maximum Gasteiger partial charge on any atom is 0.150 e. The Morgan fingerprint density at radius 2 is 2.24 bits per heavy atom. The van der Waals surface area contributed by atoms with Crippen molar-refractivity contribution in [3.8, 4) is 0 Å². The lowest BCUT2D eigenvalue weighted by Crippen LogP contribution is -2.42. The third-order valence-corrected chi connectivity index (χ3v) is 4.29. The summed E-state index contributed by atoms with van der Waals surface area (Å²) >= 11 is 1.55. The van der Waals surface area contributed by atoms with E-state index in [1.807, 2.05) is 6.07 Å². The summed E-state index contributed by atoms with van der Waals surface area (Å²) in [7, 11) is 0. The smallest absolute Gasteiger partial charge is 0.150 e. The van der Waals surface area contributed by atoms with Crippen LogP contribution in [0.15, 0.2) is 24.3 Å². The third kappa shape index (κ3) is 1.91. The third-order valence-electron chi connectivity index (χ3n) is 3.47. The van der Waals surface area contributed by atoms with Crippen LogP contribution in [0.1, 0.15) is 19.3 Å². The molecule has 0 bridgehead atoms. The van der Waals surface area contributed by atoms with Crippen LogP contribution in [-0.2, 0) is 0 Å². The van der Waals surface area contributed by atoms with Crippen molar-refractivity contribution in [3.05, 3.63) is 24.3 Å². The molecule has 1 saturated heterocycles. The molecule has 0 unspecified atom stereocenters. The van der Waals surface area contributed by atoms with Gasteiger partial charge in [-0.05, 0) is 42.9 Å². The van der Waals surface area contributed by atoms with Crippen molar-refractivity contribution >= 4 is 27.4 Å². The summed E-state index contributed by atoms with van der Waals surface area (Å²) in [6.07, 6.45) is 3.48. The molecule has 4 heteroatoms. The Labute approximate surface area is 105 Å². The van der Waals surface area contributed by atoms with Gasteiger partial charge in [0.05, 0.1) is 17.3 Å². The Morgan fingerprint density at radius 3 is 3.12 bits per heavy atom. The Morgan fingerprint density at radius 1 is 1.35 bits per heavy atom. The minimum Gasteiger partial charge on any atom is -0.394 e. The van der Waals surface area contributed by atoms with Crippen LogP contribution in [0.4, 0.5) is 5.82 Å². The van der Waals surface area contributed by atoms with Gasteiger partial charge in [-0.15, -0.1) is 0 Å². The molecular weight excluding hydrogens is 232 g/mol. The van der Waals surface area contributed by atoms with Gasteiger partial charge in [-0.3, -0.25) is 0 Å². The molecule has 1 aliphatic rings. The van der Waals surface area contributed by atoms with Gasteiger partial charge in [-0.25, -0.2) is 0 Å². The Balaban J connectivity index is 2.01. The molecule has 2 aromatic rings. The number of aliphatic hydroxyl groups is 1. The van der Waals surface area contributed by atoms with Crippen molar-refractivity contribution in [2.24, 2.45) is 0 Å². The molecule has 0 spiro atoms. The van der Waals surface area contributed by atoms with Crippen LogP contribution in [-0.4, -0.2) is 28.7 Å². The topological polar surface area (TPSA) is 36.4 Å². The zero-order valence-electron chi connectivity index (χ0n) is 9.67. The minimum absolute atomic E-state index is 0.228. The molecule has 0 saturated carbocycles. The average molecular weight is 248 g/mol. The molecule has 3 nitrogen and oxygen atoms in total. The largest absolute Gasteiger partial charge is 0.394 e. The van der Waals surface area contributed by atoms with E-state index in [0.717, 1.165) is 18.8 Å². The van der Waals surface area contributed by atoms with Crippen LogP contribution in [0.25, 0.3) is 10.1 Å². The number of piperidine rings is 1. The van der Waals surface area contributed by atoms with E-state index in [1.54, 1.807) is 11.5 Å². The molecule has 1 fully saturated rings. The van der Waals surface area contributed by atoms with E-state index in [1.165, 1.54) is 22.9 Å². The fraction of sp³-hybridized carbons (Fsp3) is 0.462. The molecule has 1 aromatic carbocycles. The van der Waals surface area contributed by atoms with Gasteiger partial charge in [-0.2, -0.15) is 4.37 Å². The fourth-order valence-corrected chi connectivity index (χ4v) is 3.33. The van der Waals surface area contributed by atoms with Crippen molar-refractivity contribution < 1.29 is 5.11 Å². The van der Waals surface area contributed by atoms with Crippen LogP contribution < -0.4 is 4.90 Å². The van der Waals surface area contributed by atoms with E-state index in [4.69, 9.17) is 0 Å². The predicted molar refractivity (Wildman–Crippen MR) is 71.7 cm³/mol. The highest BCUT2D eigenvalue weighted by Gasteiger charge is 2.24. The van der Waals surface area contributed by atoms with Gasteiger partial charge in [0.15, 0.2) is 0 Å².